The third-order valence-electron chi connectivity index (χ3n) is 6.54. The van der Waals surface area contributed by atoms with Crippen molar-refractivity contribution >= 4 is 0 Å². The second kappa shape index (κ2) is 6.83. The SMILES string of the molecule is COC1(OC)CCC(C2CCC(=C3CCCC3)CC2)CC1. The Kier molecular flexibility index (Phi) is 5.06. The Balaban J connectivity index is 1.51. The van der Waals surface area contributed by atoms with Crippen LogP contribution in [0.4, 0.5) is 0 Å². The van der Waals surface area contributed by atoms with Gasteiger partial charge in [-0.25, -0.2) is 0 Å². The molecule has 3 aliphatic carbocycles. The number of allylic oxidation sites excluding steroid dienone is 2. The van der Waals surface area contributed by atoms with Crippen molar-refractivity contribution in [3.63, 3.8) is 0 Å². The molecular weight excluding hydrogens is 260 g/mol. The predicted octanol–water partition coefficient (Wildman–Crippen LogP) is 5.23. The summed E-state index contributed by atoms with van der Waals surface area (Å²) in [4.78, 5) is 0. The lowest BCUT2D eigenvalue weighted by molar-refractivity contribution is -0.229. The summed E-state index contributed by atoms with van der Waals surface area (Å²) in [6.07, 6.45) is 16.1. The molecule has 0 bridgehead atoms. The van der Waals surface area contributed by atoms with Gasteiger partial charge in [0.2, 0.25) is 0 Å². The van der Waals surface area contributed by atoms with E-state index in [-0.39, 0.29) is 5.79 Å². The summed E-state index contributed by atoms with van der Waals surface area (Å²) in [6.45, 7) is 0. The average Bonchev–Trinajstić information content (AvgIpc) is 3.10. The standard InChI is InChI=1S/C19H32O2/c1-20-19(21-2)13-11-18(12-14-19)17-9-7-16(8-10-17)15-5-3-4-6-15/h17-18H,3-14H2,1-2H3. The summed E-state index contributed by atoms with van der Waals surface area (Å²) in [5.41, 5.74) is 3.69. The molecule has 0 aromatic carbocycles. The van der Waals surface area contributed by atoms with Crippen molar-refractivity contribution in [3.05, 3.63) is 11.1 Å². The van der Waals surface area contributed by atoms with Gasteiger partial charge in [0.15, 0.2) is 5.79 Å². The van der Waals surface area contributed by atoms with Crippen molar-refractivity contribution < 1.29 is 9.47 Å². The molecule has 3 fully saturated rings. The summed E-state index contributed by atoms with van der Waals surface area (Å²) < 4.78 is 11.2. The first-order chi connectivity index (χ1) is 10.3. The van der Waals surface area contributed by atoms with Crippen LogP contribution < -0.4 is 0 Å². The third kappa shape index (κ3) is 3.37. The van der Waals surface area contributed by atoms with E-state index in [1.165, 1.54) is 64.2 Å². The molecular formula is C19H32O2. The molecule has 3 aliphatic rings. The molecule has 0 radical (unpaired) electrons. The Morgan fingerprint density at radius 2 is 1.19 bits per heavy atom. The Bertz CT molecular complexity index is 353. The maximum atomic E-state index is 5.62. The maximum Gasteiger partial charge on any atom is 0.167 e. The molecule has 21 heavy (non-hydrogen) atoms. The summed E-state index contributed by atoms with van der Waals surface area (Å²) in [5.74, 6) is 1.60. The second-order valence-corrected chi connectivity index (χ2v) is 7.41. The second-order valence-electron chi connectivity index (χ2n) is 7.41. The van der Waals surface area contributed by atoms with Crippen LogP contribution in [-0.2, 0) is 9.47 Å². The van der Waals surface area contributed by atoms with Gasteiger partial charge in [0.05, 0.1) is 0 Å². The molecule has 120 valence electrons. The highest BCUT2D eigenvalue weighted by Gasteiger charge is 2.38. The fraction of sp³-hybridized carbons (Fsp3) is 0.895. The summed E-state index contributed by atoms with van der Waals surface area (Å²) in [7, 11) is 3.59. The van der Waals surface area contributed by atoms with Gasteiger partial charge in [0, 0.05) is 27.1 Å². The number of ether oxygens (including phenoxy) is 2. The van der Waals surface area contributed by atoms with Crippen LogP contribution in [0.25, 0.3) is 0 Å². The fourth-order valence-electron chi connectivity index (χ4n) is 5.01. The van der Waals surface area contributed by atoms with Crippen LogP contribution in [0.15, 0.2) is 11.1 Å². The molecule has 0 N–H and O–H groups in total. The number of methoxy groups -OCH3 is 2. The molecule has 0 heterocycles. The monoisotopic (exact) mass is 292 g/mol. The van der Waals surface area contributed by atoms with E-state index >= 15 is 0 Å². The van der Waals surface area contributed by atoms with Crippen molar-refractivity contribution in [3.8, 4) is 0 Å². The summed E-state index contributed by atoms with van der Waals surface area (Å²) in [6, 6.07) is 0. The molecule has 0 atom stereocenters. The molecule has 3 saturated carbocycles. The number of hydrogen-bond acceptors (Lipinski definition) is 2. The van der Waals surface area contributed by atoms with Gasteiger partial charge in [-0.05, 0) is 76.0 Å². The van der Waals surface area contributed by atoms with E-state index in [9.17, 15) is 0 Å². The van der Waals surface area contributed by atoms with Crippen molar-refractivity contribution in [2.24, 2.45) is 11.8 Å². The van der Waals surface area contributed by atoms with Gasteiger partial charge in [-0.3, -0.25) is 0 Å². The van der Waals surface area contributed by atoms with Gasteiger partial charge in [0.1, 0.15) is 0 Å². The lowest BCUT2D eigenvalue weighted by Gasteiger charge is -2.41. The van der Waals surface area contributed by atoms with Crippen molar-refractivity contribution in [1.29, 1.82) is 0 Å². The number of rotatable bonds is 3. The Labute approximate surface area is 130 Å². The van der Waals surface area contributed by atoms with Crippen LogP contribution in [0, 0.1) is 11.8 Å². The van der Waals surface area contributed by atoms with E-state index in [2.05, 4.69) is 0 Å². The minimum Gasteiger partial charge on any atom is -0.353 e. The van der Waals surface area contributed by atoms with Crippen molar-refractivity contribution in [2.45, 2.75) is 82.8 Å². The van der Waals surface area contributed by atoms with Gasteiger partial charge in [-0.15, -0.1) is 0 Å². The third-order valence-corrected chi connectivity index (χ3v) is 6.54. The first-order valence-corrected chi connectivity index (χ1v) is 9.06. The van der Waals surface area contributed by atoms with Crippen LogP contribution in [0.1, 0.15) is 77.0 Å². The molecule has 0 aromatic heterocycles. The van der Waals surface area contributed by atoms with E-state index in [4.69, 9.17) is 9.47 Å². The van der Waals surface area contributed by atoms with E-state index in [1.807, 2.05) is 11.1 Å². The van der Waals surface area contributed by atoms with Gasteiger partial charge >= 0.3 is 0 Å². The van der Waals surface area contributed by atoms with E-state index in [0.29, 0.717) is 0 Å². The molecule has 3 rings (SSSR count). The molecule has 0 unspecified atom stereocenters. The largest absolute Gasteiger partial charge is 0.353 e. The van der Waals surface area contributed by atoms with Gasteiger partial charge in [-0.1, -0.05) is 11.1 Å². The fourth-order valence-corrected chi connectivity index (χ4v) is 5.01. The van der Waals surface area contributed by atoms with Gasteiger partial charge in [0.25, 0.3) is 0 Å². The van der Waals surface area contributed by atoms with Gasteiger partial charge < -0.3 is 9.47 Å². The zero-order valence-electron chi connectivity index (χ0n) is 14.0. The van der Waals surface area contributed by atoms with Crippen LogP contribution in [0.2, 0.25) is 0 Å². The maximum absolute atomic E-state index is 5.62. The topological polar surface area (TPSA) is 18.5 Å². The van der Waals surface area contributed by atoms with Crippen LogP contribution in [0.3, 0.4) is 0 Å². The minimum absolute atomic E-state index is 0.276. The first-order valence-electron chi connectivity index (χ1n) is 9.06. The molecule has 0 saturated heterocycles. The average molecular weight is 292 g/mol. The number of hydrogen-bond donors (Lipinski definition) is 0. The smallest absolute Gasteiger partial charge is 0.167 e. The van der Waals surface area contributed by atoms with Crippen molar-refractivity contribution in [2.75, 3.05) is 14.2 Å². The normalized spacial score (nSPS) is 30.9. The molecule has 0 spiro atoms. The lowest BCUT2D eigenvalue weighted by Crippen LogP contribution is -2.39. The minimum atomic E-state index is -0.276. The lowest BCUT2D eigenvalue weighted by atomic mass is 9.70. The zero-order chi connectivity index (χ0) is 14.7. The van der Waals surface area contributed by atoms with E-state index < -0.39 is 0 Å². The highest BCUT2D eigenvalue weighted by Crippen LogP contribution is 2.45. The Hall–Kier alpha value is -0.340. The van der Waals surface area contributed by atoms with Crippen LogP contribution in [-0.4, -0.2) is 20.0 Å². The quantitative estimate of drug-likeness (QED) is 0.524. The molecule has 2 nitrogen and oxygen atoms in total. The molecule has 2 heteroatoms. The van der Waals surface area contributed by atoms with E-state index in [0.717, 1.165) is 24.7 Å². The highest BCUT2D eigenvalue weighted by atomic mass is 16.7. The Morgan fingerprint density at radius 1 is 0.714 bits per heavy atom. The Morgan fingerprint density at radius 3 is 1.71 bits per heavy atom. The molecule has 0 aliphatic heterocycles. The van der Waals surface area contributed by atoms with Crippen molar-refractivity contribution in [1.82, 2.24) is 0 Å². The molecule has 0 amide bonds. The van der Waals surface area contributed by atoms with E-state index in [1.54, 1.807) is 14.2 Å². The first kappa shape index (κ1) is 15.6. The zero-order valence-corrected chi connectivity index (χ0v) is 14.0. The summed E-state index contributed by atoms with van der Waals surface area (Å²) in [5, 5.41) is 0. The predicted molar refractivity (Wildman–Crippen MR) is 86.2 cm³/mol. The van der Waals surface area contributed by atoms with Crippen LogP contribution in [0.5, 0.6) is 0 Å². The summed E-state index contributed by atoms with van der Waals surface area (Å²) >= 11 is 0. The van der Waals surface area contributed by atoms with Crippen LogP contribution >= 0.6 is 0 Å². The highest BCUT2D eigenvalue weighted by molar-refractivity contribution is 5.18. The molecule has 0 aromatic rings. The van der Waals surface area contributed by atoms with Gasteiger partial charge in [-0.2, -0.15) is 0 Å².